The average molecular weight is 177 g/mol. The van der Waals surface area contributed by atoms with Crippen molar-refractivity contribution in [2.75, 3.05) is 0 Å². The summed E-state index contributed by atoms with van der Waals surface area (Å²) in [6.07, 6.45) is -2.15. The maximum atomic E-state index is 12.8. The van der Waals surface area contributed by atoms with Gasteiger partial charge in [0, 0.05) is 5.56 Å². The molecule has 0 unspecified atom stereocenters. The van der Waals surface area contributed by atoms with Crippen LogP contribution in [-0.4, -0.2) is 10.1 Å². The highest BCUT2D eigenvalue weighted by Crippen LogP contribution is 2.25. The van der Waals surface area contributed by atoms with Crippen molar-refractivity contribution in [3.05, 3.63) is 23.3 Å². The van der Waals surface area contributed by atoms with Gasteiger partial charge in [0.05, 0.1) is 6.20 Å². The van der Waals surface area contributed by atoms with Gasteiger partial charge in [-0.15, -0.1) is 0 Å². The van der Waals surface area contributed by atoms with Crippen LogP contribution < -0.4 is 0 Å². The molecule has 0 aromatic carbocycles. The molecule has 1 aromatic heterocycles. The maximum Gasteiger partial charge on any atom is 0.283 e. The molecule has 1 rings (SSSR count). The second kappa shape index (κ2) is 3.00. The van der Waals surface area contributed by atoms with Crippen molar-refractivity contribution in [3.8, 4) is 5.75 Å². The quantitative estimate of drug-likeness (QED) is 0.713. The number of nitrogens with zero attached hydrogens (tertiary/aromatic N) is 1. The molecule has 0 fully saturated rings. The molecule has 0 amide bonds. The Labute approximate surface area is 66.7 Å². The minimum atomic E-state index is -2.95. The molecule has 66 valence electrons. The van der Waals surface area contributed by atoms with Gasteiger partial charge in [-0.25, -0.2) is 18.2 Å². The van der Waals surface area contributed by atoms with E-state index in [1.54, 1.807) is 0 Å². The summed E-state index contributed by atoms with van der Waals surface area (Å²) in [7, 11) is 0. The molecular weight excluding hydrogens is 171 g/mol. The van der Waals surface area contributed by atoms with Crippen molar-refractivity contribution >= 4 is 0 Å². The molecule has 0 spiro atoms. The predicted octanol–water partition coefficient (Wildman–Crippen LogP) is 2.17. The van der Waals surface area contributed by atoms with E-state index in [1.807, 2.05) is 0 Å². The Morgan fingerprint density at radius 1 is 1.50 bits per heavy atom. The van der Waals surface area contributed by atoms with E-state index in [-0.39, 0.29) is 5.56 Å². The van der Waals surface area contributed by atoms with Crippen LogP contribution in [-0.2, 0) is 0 Å². The van der Waals surface area contributed by atoms with Gasteiger partial charge in [-0.1, -0.05) is 0 Å². The Balaban J connectivity index is 3.27. The molecule has 0 atom stereocenters. The third-order valence-electron chi connectivity index (χ3n) is 1.47. The molecule has 1 aromatic rings. The predicted molar refractivity (Wildman–Crippen MR) is 35.6 cm³/mol. The highest BCUT2D eigenvalue weighted by Gasteiger charge is 2.18. The molecular formula is C7H6F3NO. The Morgan fingerprint density at radius 2 is 2.08 bits per heavy atom. The summed E-state index contributed by atoms with van der Waals surface area (Å²) in [5, 5.41) is 8.86. The topological polar surface area (TPSA) is 33.1 Å². The van der Waals surface area contributed by atoms with Crippen LogP contribution in [0.3, 0.4) is 0 Å². The SMILES string of the molecule is Cc1c(O)cnc(C(F)F)c1F. The van der Waals surface area contributed by atoms with Crippen LogP contribution in [0, 0.1) is 12.7 Å². The highest BCUT2D eigenvalue weighted by atomic mass is 19.3. The molecule has 0 saturated heterocycles. The molecule has 12 heavy (non-hydrogen) atoms. The Bertz CT molecular complexity index is 301. The monoisotopic (exact) mass is 177 g/mol. The first kappa shape index (κ1) is 8.83. The van der Waals surface area contributed by atoms with Gasteiger partial charge in [0.25, 0.3) is 6.43 Å². The summed E-state index contributed by atoms with van der Waals surface area (Å²) in [5.74, 6) is -1.57. The van der Waals surface area contributed by atoms with E-state index < -0.39 is 23.7 Å². The van der Waals surface area contributed by atoms with Gasteiger partial charge >= 0.3 is 0 Å². The van der Waals surface area contributed by atoms with Gasteiger partial charge in [0.1, 0.15) is 11.4 Å². The van der Waals surface area contributed by atoms with Crippen molar-refractivity contribution in [2.24, 2.45) is 0 Å². The first-order valence-corrected chi connectivity index (χ1v) is 3.16. The van der Waals surface area contributed by atoms with Gasteiger partial charge < -0.3 is 5.11 Å². The normalized spacial score (nSPS) is 10.8. The number of alkyl halides is 2. The van der Waals surface area contributed by atoms with Gasteiger partial charge in [0.2, 0.25) is 0 Å². The fourth-order valence-electron chi connectivity index (χ4n) is 0.741. The zero-order valence-electron chi connectivity index (χ0n) is 6.18. The summed E-state index contributed by atoms with van der Waals surface area (Å²) >= 11 is 0. The van der Waals surface area contributed by atoms with Crippen LogP contribution in [0.2, 0.25) is 0 Å². The lowest BCUT2D eigenvalue weighted by Gasteiger charge is -2.04. The molecule has 0 aliphatic heterocycles. The molecule has 0 saturated carbocycles. The number of aromatic hydroxyl groups is 1. The molecule has 5 heteroatoms. The van der Waals surface area contributed by atoms with E-state index in [0.717, 1.165) is 6.20 Å². The summed E-state index contributed by atoms with van der Waals surface area (Å²) in [4.78, 5) is 3.06. The fraction of sp³-hybridized carbons (Fsp3) is 0.286. The number of aromatic nitrogens is 1. The molecule has 1 N–H and O–H groups in total. The van der Waals surface area contributed by atoms with E-state index in [2.05, 4.69) is 4.98 Å². The number of hydrogen-bond donors (Lipinski definition) is 1. The smallest absolute Gasteiger partial charge is 0.283 e. The van der Waals surface area contributed by atoms with Crippen molar-refractivity contribution in [3.63, 3.8) is 0 Å². The van der Waals surface area contributed by atoms with E-state index in [9.17, 15) is 13.2 Å². The fourth-order valence-corrected chi connectivity index (χ4v) is 0.741. The van der Waals surface area contributed by atoms with E-state index >= 15 is 0 Å². The lowest BCUT2D eigenvalue weighted by molar-refractivity contribution is 0.140. The zero-order valence-corrected chi connectivity index (χ0v) is 6.18. The van der Waals surface area contributed by atoms with Crippen molar-refractivity contribution < 1.29 is 18.3 Å². The van der Waals surface area contributed by atoms with Crippen LogP contribution in [0.15, 0.2) is 6.20 Å². The van der Waals surface area contributed by atoms with E-state index in [0.29, 0.717) is 0 Å². The minimum absolute atomic E-state index is 0.208. The van der Waals surface area contributed by atoms with Crippen LogP contribution in [0.25, 0.3) is 0 Å². The van der Waals surface area contributed by atoms with Crippen LogP contribution in [0.4, 0.5) is 13.2 Å². The summed E-state index contributed by atoms with van der Waals surface area (Å²) in [6, 6.07) is 0. The summed E-state index contributed by atoms with van der Waals surface area (Å²) in [6.45, 7) is 1.21. The molecule has 0 bridgehead atoms. The maximum absolute atomic E-state index is 12.8. The zero-order chi connectivity index (χ0) is 9.30. The van der Waals surface area contributed by atoms with Gasteiger partial charge in [-0.05, 0) is 6.92 Å². The van der Waals surface area contributed by atoms with Crippen LogP contribution >= 0.6 is 0 Å². The lowest BCUT2D eigenvalue weighted by Crippen LogP contribution is -1.97. The third kappa shape index (κ3) is 1.34. The largest absolute Gasteiger partial charge is 0.506 e. The molecule has 0 aliphatic carbocycles. The first-order valence-electron chi connectivity index (χ1n) is 3.16. The first-order chi connectivity index (χ1) is 5.54. The summed E-state index contributed by atoms with van der Waals surface area (Å²) in [5.41, 5.74) is -1.13. The van der Waals surface area contributed by atoms with Crippen molar-refractivity contribution in [1.82, 2.24) is 4.98 Å². The number of hydrogen-bond acceptors (Lipinski definition) is 2. The third-order valence-corrected chi connectivity index (χ3v) is 1.47. The molecule has 0 aliphatic rings. The van der Waals surface area contributed by atoms with Crippen molar-refractivity contribution in [2.45, 2.75) is 13.3 Å². The van der Waals surface area contributed by atoms with Gasteiger partial charge in [-0.2, -0.15) is 0 Å². The standard InChI is InChI=1S/C7H6F3NO/c1-3-4(12)2-11-6(5(3)8)7(9)10/h2,7,12H,1H3. The molecule has 2 nitrogen and oxygen atoms in total. The average Bonchev–Trinajstić information content (AvgIpc) is 2.00. The Hall–Kier alpha value is -1.26. The van der Waals surface area contributed by atoms with Crippen LogP contribution in [0.1, 0.15) is 17.7 Å². The van der Waals surface area contributed by atoms with E-state index in [1.165, 1.54) is 6.92 Å². The van der Waals surface area contributed by atoms with Crippen LogP contribution in [0.5, 0.6) is 5.75 Å². The van der Waals surface area contributed by atoms with Gasteiger partial charge in [0.15, 0.2) is 5.82 Å². The Kier molecular flexibility index (Phi) is 2.21. The number of halogens is 3. The lowest BCUT2D eigenvalue weighted by atomic mass is 10.2. The second-order valence-electron chi connectivity index (χ2n) is 2.27. The molecule has 0 radical (unpaired) electrons. The minimum Gasteiger partial charge on any atom is -0.506 e. The summed E-state index contributed by atoms with van der Waals surface area (Å²) < 4.78 is 36.7. The number of rotatable bonds is 1. The number of pyridine rings is 1. The second-order valence-corrected chi connectivity index (χ2v) is 2.27. The molecule has 1 heterocycles. The highest BCUT2D eigenvalue weighted by molar-refractivity contribution is 5.31. The Morgan fingerprint density at radius 3 is 2.58 bits per heavy atom. The van der Waals surface area contributed by atoms with E-state index in [4.69, 9.17) is 5.11 Å². The van der Waals surface area contributed by atoms with Gasteiger partial charge in [-0.3, -0.25) is 0 Å². The van der Waals surface area contributed by atoms with Crippen molar-refractivity contribution in [1.29, 1.82) is 0 Å².